The summed E-state index contributed by atoms with van der Waals surface area (Å²) >= 11 is 5.11. The highest BCUT2D eigenvalue weighted by Crippen LogP contribution is 2.28. The van der Waals surface area contributed by atoms with Gasteiger partial charge in [-0.1, -0.05) is 12.1 Å². The molecule has 4 nitrogen and oxygen atoms in total. The van der Waals surface area contributed by atoms with E-state index >= 15 is 0 Å². The van der Waals surface area contributed by atoms with Crippen molar-refractivity contribution in [1.29, 1.82) is 0 Å². The Bertz CT molecular complexity index is 534. The summed E-state index contributed by atoms with van der Waals surface area (Å²) in [6, 6.07) is 6.47. The van der Waals surface area contributed by atoms with Gasteiger partial charge < -0.3 is 15.7 Å². The molecule has 0 amide bonds. The summed E-state index contributed by atoms with van der Waals surface area (Å²) in [7, 11) is 0. The van der Waals surface area contributed by atoms with E-state index in [-0.39, 0.29) is 17.6 Å². The lowest BCUT2D eigenvalue weighted by Crippen LogP contribution is -2.44. The first-order valence-electron chi connectivity index (χ1n) is 5.57. The van der Waals surface area contributed by atoms with Crippen molar-refractivity contribution in [3.8, 4) is 5.75 Å². The molecule has 3 N–H and O–H groups in total. The van der Waals surface area contributed by atoms with Crippen LogP contribution in [0.5, 0.6) is 5.75 Å². The van der Waals surface area contributed by atoms with Crippen LogP contribution in [0.15, 0.2) is 35.5 Å². The van der Waals surface area contributed by atoms with E-state index in [0.717, 1.165) is 11.3 Å². The fraction of sp³-hybridized carbons (Fsp3) is 0.231. The third-order valence-corrected chi connectivity index (χ3v) is 3.09. The second kappa shape index (κ2) is 4.78. The van der Waals surface area contributed by atoms with Gasteiger partial charge in [0.25, 0.3) is 0 Å². The molecule has 1 aliphatic heterocycles. The standard InChI is InChI=1S/C13H14N2O2S/c1-7-11(8(2)16)12(15-13(18)14-7)9-3-5-10(17)6-4-9/h3-6,12,17H,1-2H3,(H2,14,15,18)/t12-/m1/s1. The predicted molar refractivity (Wildman–Crippen MR) is 73.1 cm³/mol. The normalized spacial score (nSPS) is 19.2. The van der Waals surface area contributed by atoms with Gasteiger partial charge >= 0.3 is 0 Å². The Balaban J connectivity index is 2.46. The van der Waals surface area contributed by atoms with Gasteiger partial charge in [-0.25, -0.2) is 0 Å². The maximum atomic E-state index is 11.7. The number of aromatic hydroxyl groups is 1. The molecule has 1 aromatic rings. The molecule has 0 fully saturated rings. The smallest absolute Gasteiger partial charge is 0.171 e. The van der Waals surface area contributed by atoms with E-state index in [1.54, 1.807) is 24.3 Å². The molecule has 0 bridgehead atoms. The number of ketones is 1. The Morgan fingerprint density at radius 3 is 2.50 bits per heavy atom. The number of nitrogens with one attached hydrogen (secondary N) is 2. The van der Waals surface area contributed by atoms with Crippen molar-refractivity contribution in [1.82, 2.24) is 10.6 Å². The van der Waals surface area contributed by atoms with Crippen LogP contribution < -0.4 is 10.6 Å². The quantitative estimate of drug-likeness (QED) is 0.709. The average Bonchev–Trinajstić information content (AvgIpc) is 2.28. The van der Waals surface area contributed by atoms with E-state index in [1.807, 2.05) is 6.92 Å². The maximum absolute atomic E-state index is 11.7. The number of carbonyl (C=O) groups excluding carboxylic acids is 1. The maximum Gasteiger partial charge on any atom is 0.171 e. The summed E-state index contributed by atoms with van der Waals surface area (Å²) in [6.07, 6.45) is 0. The molecule has 1 atom stereocenters. The zero-order chi connectivity index (χ0) is 13.3. The highest BCUT2D eigenvalue weighted by atomic mass is 32.1. The highest BCUT2D eigenvalue weighted by molar-refractivity contribution is 7.80. The van der Waals surface area contributed by atoms with Gasteiger partial charge in [0.1, 0.15) is 5.75 Å². The molecule has 0 spiro atoms. The van der Waals surface area contributed by atoms with E-state index in [0.29, 0.717) is 10.7 Å². The number of Topliss-reactive ketones (excluding diaryl/α,β-unsaturated/α-hetero) is 1. The summed E-state index contributed by atoms with van der Waals surface area (Å²) in [5.41, 5.74) is 2.32. The SMILES string of the molecule is CC(=O)C1=C(C)NC(=S)N[C@@H]1c1ccc(O)cc1. The van der Waals surface area contributed by atoms with E-state index in [4.69, 9.17) is 12.2 Å². The summed E-state index contributed by atoms with van der Waals surface area (Å²) in [6.45, 7) is 3.36. The molecule has 18 heavy (non-hydrogen) atoms. The number of benzene rings is 1. The van der Waals surface area contributed by atoms with Crippen LogP contribution in [0.4, 0.5) is 0 Å². The van der Waals surface area contributed by atoms with Gasteiger partial charge in [-0.05, 0) is 43.8 Å². The van der Waals surface area contributed by atoms with E-state index in [9.17, 15) is 9.90 Å². The lowest BCUT2D eigenvalue weighted by atomic mass is 9.93. The number of allylic oxidation sites excluding steroid dienone is 1. The molecule has 0 radical (unpaired) electrons. The Morgan fingerprint density at radius 2 is 1.94 bits per heavy atom. The predicted octanol–water partition coefficient (Wildman–Crippen LogP) is 1.77. The first-order valence-corrected chi connectivity index (χ1v) is 5.98. The lowest BCUT2D eigenvalue weighted by Gasteiger charge is -2.29. The third kappa shape index (κ3) is 2.36. The van der Waals surface area contributed by atoms with Gasteiger partial charge in [-0.15, -0.1) is 0 Å². The molecule has 0 saturated heterocycles. The average molecular weight is 262 g/mol. The fourth-order valence-corrected chi connectivity index (χ4v) is 2.35. The molecule has 94 valence electrons. The first kappa shape index (κ1) is 12.6. The molecule has 1 aliphatic rings. The van der Waals surface area contributed by atoms with Crippen LogP contribution in [0.2, 0.25) is 0 Å². The topological polar surface area (TPSA) is 61.4 Å². The lowest BCUT2D eigenvalue weighted by molar-refractivity contribution is -0.114. The number of carbonyl (C=O) groups is 1. The first-order chi connectivity index (χ1) is 8.49. The Hall–Kier alpha value is -1.88. The Morgan fingerprint density at radius 1 is 1.33 bits per heavy atom. The fourth-order valence-electron chi connectivity index (χ4n) is 2.08. The van der Waals surface area contributed by atoms with Crippen molar-refractivity contribution in [3.63, 3.8) is 0 Å². The van der Waals surface area contributed by atoms with Crippen molar-refractivity contribution in [2.45, 2.75) is 19.9 Å². The van der Waals surface area contributed by atoms with Crippen molar-refractivity contribution >= 4 is 23.1 Å². The number of phenols is 1. The van der Waals surface area contributed by atoms with Crippen LogP contribution in [0.1, 0.15) is 25.5 Å². The van der Waals surface area contributed by atoms with E-state index in [1.165, 1.54) is 6.92 Å². The van der Waals surface area contributed by atoms with E-state index in [2.05, 4.69) is 10.6 Å². The van der Waals surface area contributed by atoms with Crippen LogP contribution in [0, 0.1) is 0 Å². The van der Waals surface area contributed by atoms with Crippen LogP contribution >= 0.6 is 12.2 Å². The van der Waals surface area contributed by atoms with Gasteiger partial charge in [0.05, 0.1) is 6.04 Å². The third-order valence-electron chi connectivity index (χ3n) is 2.87. The van der Waals surface area contributed by atoms with Crippen molar-refractivity contribution in [2.75, 3.05) is 0 Å². The Labute approximate surface area is 111 Å². The van der Waals surface area contributed by atoms with Gasteiger partial charge in [0.15, 0.2) is 10.9 Å². The minimum absolute atomic E-state index is 0.00641. The van der Waals surface area contributed by atoms with Crippen LogP contribution in [0.25, 0.3) is 0 Å². The minimum Gasteiger partial charge on any atom is -0.508 e. The zero-order valence-corrected chi connectivity index (χ0v) is 11.0. The summed E-state index contributed by atoms with van der Waals surface area (Å²) in [5.74, 6) is 0.188. The summed E-state index contributed by atoms with van der Waals surface area (Å²) in [5, 5.41) is 15.8. The molecule has 0 aliphatic carbocycles. The molecule has 0 unspecified atom stereocenters. The van der Waals surface area contributed by atoms with Crippen molar-refractivity contribution in [2.24, 2.45) is 0 Å². The van der Waals surface area contributed by atoms with Crippen LogP contribution in [0.3, 0.4) is 0 Å². The molecule has 0 aromatic heterocycles. The van der Waals surface area contributed by atoms with Gasteiger partial charge in [-0.2, -0.15) is 0 Å². The molecular weight excluding hydrogens is 248 g/mol. The number of phenolic OH excluding ortho intramolecular Hbond substituents is 1. The second-order valence-corrected chi connectivity index (χ2v) is 4.63. The van der Waals surface area contributed by atoms with Gasteiger partial charge in [-0.3, -0.25) is 4.79 Å². The van der Waals surface area contributed by atoms with Gasteiger partial charge in [0, 0.05) is 11.3 Å². The molecule has 0 saturated carbocycles. The Kier molecular flexibility index (Phi) is 3.34. The zero-order valence-electron chi connectivity index (χ0n) is 10.2. The summed E-state index contributed by atoms with van der Waals surface area (Å²) in [4.78, 5) is 11.7. The number of rotatable bonds is 2. The monoisotopic (exact) mass is 262 g/mol. The number of thiocarbonyl (C=S) groups is 1. The highest BCUT2D eigenvalue weighted by Gasteiger charge is 2.27. The summed E-state index contributed by atoms with van der Waals surface area (Å²) < 4.78 is 0. The van der Waals surface area contributed by atoms with Gasteiger partial charge in [0.2, 0.25) is 0 Å². The number of hydrogen-bond donors (Lipinski definition) is 3. The van der Waals surface area contributed by atoms with Crippen molar-refractivity contribution < 1.29 is 9.90 Å². The molecule has 1 heterocycles. The van der Waals surface area contributed by atoms with Crippen molar-refractivity contribution in [3.05, 3.63) is 41.1 Å². The molecular formula is C13H14N2O2S. The molecule has 1 aromatic carbocycles. The molecule has 2 rings (SSSR count). The van der Waals surface area contributed by atoms with Crippen LogP contribution in [-0.2, 0) is 4.79 Å². The molecule has 5 heteroatoms. The second-order valence-electron chi connectivity index (χ2n) is 4.22. The minimum atomic E-state index is -0.267. The number of hydrogen-bond acceptors (Lipinski definition) is 3. The van der Waals surface area contributed by atoms with E-state index < -0.39 is 0 Å². The largest absolute Gasteiger partial charge is 0.508 e. The van der Waals surface area contributed by atoms with Crippen LogP contribution in [-0.4, -0.2) is 16.0 Å².